The number of carbonyl (C=O) groups is 4. The van der Waals surface area contributed by atoms with Crippen molar-refractivity contribution in [3.05, 3.63) is 77.5 Å². The lowest BCUT2D eigenvalue weighted by atomic mass is 9.86. The number of aromatic nitrogens is 4. The third-order valence-electron chi connectivity index (χ3n) is 14.5. The number of hydrogen-bond donors (Lipinski definition) is 3. The van der Waals surface area contributed by atoms with Crippen LogP contribution in [0.15, 0.2) is 60.7 Å². The Kier molecular flexibility index (Phi) is 25.2. The Morgan fingerprint density at radius 2 is 0.900 bits per heavy atom. The second-order valence-corrected chi connectivity index (χ2v) is 25.1. The van der Waals surface area contributed by atoms with Gasteiger partial charge in [-0.25, -0.2) is 4.98 Å². The molecule has 2 heterocycles. The lowest BCUT2D eigenvalue weighted by Crippen LogP contribution is -2.34. The number of carbonyl (C=O) groups excluding carboxylic acids is 4. The number of fused-ring (bicyclic) bond motifs is 1. The summed E-state index contributed by atoms with van der Waals surface area (Å²) in [7, 11) is 0. The number of H-pyrrole nitrogens is 1. The highest BCUT2D eigenvalue weighted by atomic mass is 16.5. The lowest BCUT2D eigenvalue weighted by molar-refractivity contribution is -0.132. The normalized spacial score (nSPS) is 12.8. The summed E-state index contributed by atoms with van der Waals surface area (Å²) in [6.07, 6.45) is 22.1. The molecule has 2 unspecified atom stereocenters. The molecule has 14 heteroatoms. The second kappa shape index (κ2) is 31.1. The van der Waals surface area contributed by atoms with Crippen molar-refractivity contribution in [1.82, 2.24) is 19.8 Å². The quantitative estimate of drug-likeness (QED) is 0.0208. The van der Waals surface area contributed by atoms with Crippen LogP contribution in [0.1, 0.15) is 248 Å². The van der Waals surface area contributed by atoms with E-state index in [-0.39, 0.29) is 17.2 Å². The molecule has 80 heavy (non-hydrogen) atoms. The topological polar surface area (TPSA) is 175 Å². The smallest absolute Gasteiger partial charge is 0.308 e. The summed E-state index contributed by atoms with van der Waals surface area (Å²) in [5, 5.41) is 14.5. The maximum Gasteiger partial charge on any atom is 0.308 e. The minimum absolute atomic E-state index is 0.166. The van der Waals surface area contributed by atoms with E-state index in [0.717, 1.165) is 68.2 Å². The van der Waals surface area contributed by atoms with Crippen molar-refractivity contribution in [2.45, 2.75) is 260 Å². The monoisotopic (exact) mass is 1100 g/mol. The van der Waals surface area contributed by atoms with Gasteiger partial charge in [-0.2, -0.15) is 4.63 Å². The molecule has 0 aliphatic heterocycles. The maximum absolute atomic E-state index is 14.8. The Labute approximate surface area is 479 Å². The molecule has 0 fully saturated rings. The second-order valence-electron chi connectivity index (χ2n) is 25.1. The minimum atomic E-state index is -0.887. The first-order valence-corrected chi connectivity index (χ1v) is 30.2. The van der Waals surface area contributed by atoms with Gasteiger partial charge in [-0.1, -0.05) is 192 Å². The van der Waals surface area contributed by atoms with E-state index in [4.69, 9.17) is 29.0 Å². The van der Waals surface area contributed by atoms with Crippen LogP contribution in [-0.4, -0.2) is 55.8 Å². The maximum atomic E-state index is 14.8. The van der Waals surface area contributed by atoms with E-state index in [0.29, 0.717) is 64.2 Å². The van der Waals surface area contributed by atoms with Crippen molar-refractivity contribution in [2.24, 2.45) is 0 Å². The molecular weight excluding hydrogens is 1000 g/mol. The van der Waals surface area contributed by atoms with Crippen LogP contribution in [0.3, 0.4) is 0 Å². The number of nitrogens with one attached hydrogen (secondary N) is 3. The van der Waals surface area contributed by atoms with Crippen molar-refractivity contribution in [3.8, 4) is 34.4 Å². The number of anilines is 2. The van der Waals surface area contributed by atoms with Gasteiger partial charge in [0.1, 0.15) is 23.0 Å². The molecule has 0 aliphatic carbocycles. The number of aromatic amines is 1. The molecule has 0 spiro atoms. The van der Waals surface area contributed by atoms with Gasteiger partial charge in [0.25, 0.3) is 11.8 Å². The van der Waals surface area contributed by atoms with Gasteiger partial charge in [0.2, 0.25) is 0 Å². The predicted molar refractivity (Wildman–Crippen MR) is 323 cm³/mol. The lowest BCUT2D eigenvalue weighted by Gasteiger charge is -2.25. The Hall–Kier alpha value is -6.18. The largest absolute Gasteiger partial charge is 0.481 e. The van der Waals surface area contributed by atoms with E-state index in [1.165, 1.54) is 90.9 Å². The molecule has 2 aromatic heterocycles. The van der Waals surface area contributed by atoms with Gasteiger partial charge in [0.05, 0.1) is 0 Å². The van der Waals surface area contributed by atoms with Crippen molar-refractivity contribution in [3.63, 3.8) is 0 Å². The van der Waals surface area contributed by atoms with Gasteiger partial charge in [-0.3, -0.25) is 24.3 Å². The summed E-state index contributed by atoms with van der Waals surface area (Å²) in [5.41, 5.74) is 3.59. The molecule has 5 aromatic rings. The average Bonchev–Trinajstić information content (AvgIpc) is 4.00. The molecule has 0 aliphatic rings. The summed E-state index contributed by atoms with van der Waals surface area (Å²) < 4.78 is 26.1. The molecule has 440 valence electrons. The zero-order valence-electron chi connectivity index (χ0n) is 51.1. The Morgan fingerprint density at radius 3 is 1.25 bits per heavy atom. The van der Waals surface area contributed by atoms with Gasteiger partial charge in [0, 0.05) is 59.1 Å². The fourth-order valence-electron chi connectivity index (χ4n) is 9.90. The van der Waals surface area contributed by atoms with E-state index in [1.54, 1.807) is 35.0 Å². The van der Waals surface area contributed by atoms with E-state index in [2.05, 4.69) is 50.4 Å². The fraction of sp³-hybridized carbons (Fsp3) is 0.606. The zero-order chi connectivity index (χ0) is 58.5. The van der Waals surface area contributed by atoms with Crippen LogP contribution < -0.4 is 29.6 Å². The first-order valence-electron chi connectivity index (χ1n) is 30.2. The molecule has 0 saturated carbocycles. The number of unbranched alkanes of at least 4 members (excludes halogenated alkanes) is 18. The molecular formula is C66H98N6O8. The van der Waals surface area contributed by atoms with E-state index >= 15 is 0 Å². The Balaban J connectivity index is 1.48. The summed E-state index contributed by atoms with van der Waals surface area (Å²) in [4.78, 5) is 58.7. The molecule has 2 atom stereocenters. The zero-order valence-corrected chi connectivity index (χ0v) is 51.1. The predicted octanol–water partition coefficient (Wildman–Crippen LogP) is 16.9. The Morgan fingerprint density at radius 1 is 0.512 bits per heavy atom. The summed E-state index contributed by atoms with van der Waals surface area (Å²) in [6.45, 7) is 25.8. The number of hydrogen-bond acceptors (Lipinski definition) is 10. The highest BCUT2D eigenvalue weighted by Gasteiger charge is 2.28. The molecule has 5 rings (SSSR count). The van der Waals surface area contributed by atoms with Crippen molar-refractivity contribution >= 4 is 40.8 Å². The van der Waals surface area contributed by atoms with Crippen LogP contribution >= 0.6 is 0 Å². The van der Waals surface area contributed by atoms with Crippen LogP contribution in [0.4, 0.5) is 11.4 Å². The molecule has 0 radical (unpaired) electrons. The number of benzene rings is 3. The minimum Gasteiger partial charge on any atom is -0.481 e. The third-order valence-corrected chi connectivity index (χ3v) is 14.5. The van der Waals surface area contributed by atoms with Crippen molar-refractivity contribution in [1.29, 1.82) is 0 Å². The van der Waals surface area contributed by atoms with E-state index in [1.807, 2.05) is 71.9 Å². The van der Waals surface area contributed by atoms with Gasteiger partial charge in [-0.15, -0.1) is 5.10 Å². The van der Waals surface area contributed by atoms with Gasteiger partial charge >= 0.3 is 11.9 Å². The molecule has 0 saturated heterocycles. The number of rotatable bonds is 33. The summed E-state index contributed by atoms with van der Waals surface area (Å²) in [5.74, 6) is 0.699. The van der Waals surface area contributed by atoms with E-state index < -0.39 is 35.0 Å². The average molecular weight is 1100 g/mol. The number of esters is 2. The number of ether oxygens (including phenoxy) is 4. The fourth-order valence-corrected chi connectivity index (χ4v) is 9.90. The summed E-state index contributed by atoms with van der Waals surface area (Å²) in [6, 6.07) is 18.0. The third kappa shape index (κ3) is 21.4. The standard InChI is InChI=1S/C66H98N6O8/c1-14-16-18-20-22-24-26-28-30-32-34-57(79-51-36-38-55(77-46(3)73)53(43-51)64(5,6)7)62(75)67-49-40-48(61-69-60-45-59(66(11,12)13)70-72(60)71-61)41-50(42-49)68-63(76)58(35-33-31-29-27-25-23-21-19-17-15-2)80-52-37-39-56(78-47(4)74)54(44-52)65(8,9)10/h36-45,57-58,70H,14-35H2,1-13H3,(H,67,75)(H,68,76). The first-order chi connectivity index (χ1) is 37.9. The van der Waals surface area contributed by atoms with E-state index in [9.17, 15) is 19.2 Å². The molecule has 0 bridgehead atoms. The first kappa shape index (κ1) is 64.6. The summed E-state index contributed by atoms with van der Waals surface area (Å²) >= 11 is 0. The molecule has 2 amide bonds. The van der Waals surface area contributed by atoms with Gasteiger partial charge in [-0.05, 0) is 91.1 Å². The van der Waals surface area contributed by atoms with Crippen LogP contribution in [-0.2, 0) is 35.4 Å². The molecule has 3 N–H and O–H groups in total. The van der Waals surface area contributed by atoms with Crippen LogP contribution in [0.2, 0.25) is 0 Å². The van der Waals surface area contributed by atoms with Crippen LogP contribution in [0, 0.1) is 0 Å². The van der Waals surface area contributed by atoms with Crippen LogP contribution in [0.25, 0.3) is 17.0 Å². The molecule has 14 nitrogen and oxygen atoms in total. The molecule has 3 aromatic carbocycles. The van der Waals surface area contributed by atoms with Gasteiger partial charge < -0.3 is 29.6 Å². The van der Waals surface area contributed by atoms with Gasteiger partial charge in [0.15, 0.2) is 23.7 Å². The number of amides is 2. The highest BCUT2D eigenvalue weighted by Crippen LogP contribution is 2.37. The van der Waals surface area contributed by atoms with Crippen molar-refractivity contribution < 1.29 is 38.1 Å². The van der Waals surface area contributed by atoms with Crippen LogP contribution in [0.5, 0.6) is 23.0 Å². The Bertz CT molecular complexity index is 2580. The SMILES string of the molecule is CCCCCCCCCCCCC(Oc1ccc(OC(C)=O)c(C(C)(C)C)c1)C(=O)Nc1cc(NC(=O)C(CCCCCCCCCCCC)Oc2ccc(OC(C)=O)c(C(C)(C)C)c2)cc(-c2nc3cc(C(C)(C)C)[nH]n3n2)c1. The highest BCUT2D eigenvalue weighted by molar-refractivity contribution is 5.98. The number of nitrogens with zero attached hydrogens (tertiary/aromatic N) is 3. The van der Waals surface area contributed by atoms with Crippen molar-refractivity contribution in [2.75, 3.05) is 10.6 Å².